The van der Waals surface area contributed by atoms with E-state index in [2.05, 4.69) is 33.0 Å². The van der Waals surface area contributed by atoms with Gasteiger partial charge in [-0.1, -0.05) is 30.3 Å². The standard InChI is InChI=1S/C15H15N3O2S.C5H5N.Pd/c1-20-13-9-5-6-11(14(13)19)10-16-18-15(21)17-12-7-3-2-4-8-12;1-2-4-6-5-3-1;/h2-10H,1H3,(H3,16,17,18,19,21);1-5H;/q;;+2/p+1. The molecule has 3 N–H and O–H groups in total. The molecule has 0 aliphatic carbocycles. The van der Waals surface area contributed by atoms with Crippen LogP contribution in [0.1, 0.15) is 5.56 Å². The minimum absolute atomic E-state index is 0. The second kappa shape index (κ2) is 13.4. The molecule has 2 aromatic carbocycles. The van der Waals surface area contributed by atoms with Gasteiger partial charge in [-0.3, -0.25) is 4.98 Å². The van der Waals surface area contributed by atoms with Crippen LogP contribution in [0.4, 0.5) is 5.69 Å². The molecule has 146 valence electrons. The minimum atomic E-state index is 0. The van der Waals surface area contributed by atoms with Gasteiger partial charge in [0.2, 0.25) is 10.9 Å². The molecule has 0 amide bonds. The van der Waals surface area contributed by atoms with Crippen molar-refractivity contribution < 1.29 is 30.3 Å². The van der Waals surface area contributed by atoms with Crippen LogP contribution in [0.25, 0.3) is 5.43 Å². The number of benzene rings is 2. The van der Waals surface area contributed by atoms with Crippen molar-refractivity contribution in [3.05, 3.63) is 90.1 Å². The van der Waals surface area contributed by atoms with Gasteiger partial charge < -0.3 is 25.7 Å². The predicted molar refractivity (Wildman–Crippen MR) is 115 cm³/mol. The fraction of sp³-hybridized carbons (Fsp3) is 0.0500. The molecule has 0 unspecified atom stereocenters. The average molecular weight is 488 g/mol. The molecule has 0 aliphatic heterocycles. The van der Waals surface area contributed by atoms with E-state index in [4.69, 9.17) is 9.84 Å². The zero-order valence-corrected chi connectivity index (χ0v) is 17.5. The first-order valence-electron chi connectivity index (χ1n) is 8.06. The van der Waals surface area contributed by atoms with Crippen LogP contribution < -0.4 is 10.1 Å². The molecule has 3 rings (SSSR count). The SMILES string of the molecule is COc1cccc(C=N[N-]C(=[SH+])Nc2ccccc2)c1[OH2+].[Pd+2].c1ccncc1. The van der Waals surface area contributed by atoms with E-state index in [1.54, 1.807) is 30.6 Å². The first kappa shape index (κ1) is 23.3. The first-order chi connectivity index (χ1) is 13.2. The number of nitrogens with zero attached hydrogens (tertiary/aromatic N) is 3. The van der Waals surface area contributed by atoms with Crippen LogP contribution in [0.3, 0.4) is 0 Å². The summed E-state index contributed by atoms with van der Waals surface area (Å²) in [5.74, 6) is 0.770. The summed E-state index contributed by atoms with van der Waals surface area (Å²) in [6, 6.07) is 20.6. The van der Waals surface area contributed by atoms with Crippen LogP contribution >= 0.6 is 0 Å². The van der Waals surface area contributed by atoms with Gasteiger partial charge in [-0.25, -0.2) is 0 Å². The van der Waals surface area contributed by atoms with Crippen molar-refractivity contribution in [2.24, 2.45) is 5.10 Å². The van der Waals surface area contributed by atoms with Crippen LogP contribution in [-0.4, -0.2) is 28.5 Å². The van der Waals surface area contributed by atoms with E-state index in [-0.39, 0.29) is 26.2 Å². The molecule has 3 aromatic rings. The van der Waals surface area contributed by atoms with E-state index in [0.717, 1.165) is 5.69 Å². The van der Waals surface area contributed by atoms with Gasteiger partial charge in [-0.2, -0.15) is 0 Å². The number of pyridine rings is 1. The fourth-order valence-corrected chi connectivity index (χ4v) is 2.14. The molecule has 6 nitrogen and oxygen atoms in total. The van der Waals surface area contributed by atoms with Crippen LogP contribution in [-0.2, 0) is 32.6 Å². The molecule has 0 saturated heterocycles. The number of rotatable bonds is 4. The monoisotopic (exact) mass is 487 g/mol. The second-order valence-corrected chi connectivity index (χ2v) is 5.53. The van der Waals surface area contributed by atoms with Crippen molar-refractivity contribution in [1.29, 1.82) is 0 Å². The smallest absolute Gasteiger partial charge is 0.590 e. The van der Waals surface area contributed by atoms with Crippen molar-refractivity contribution in [3.8, 4) is 11.5 Å². The van der Waals surface area contributed by atoms with Crippen LogP contribution in [0.2, 0.25) is 0 Å². The molecule has 0 saturated carbocycles. The summed E-state index contributed by atoms with van der Waals surface area (Å²) in [6.07, 6.45) is 4.99. The van der Waals surface area contributed by atoms with Crippen molar-refractivity contribution in [3.63, 3.8) is 0 Å². The third-order valence-corrected chi connectivity index (χ3v) is 3.43. The van der Waals surface area contributed by atoms with Gasteiger partial charge in [0.05, 0.1) is 12.7 Å². The van der Waals surface area contributed by atoms with E-state index >= 15 is 0 Å². The topological polar surface area (TPSA) is 83.5 Å². The van der Waals surface area contributed by atoms with Gasteiger partial charge in [-0.05, 0) is 36.4 Å². The van der Waals surface area contributed by atoms with Crippen molar-refractivity contribution in [2.45, 2.75) is 0 Å². The summed E-state index contributed by atoms with van der Waals surface area (Å²) in [5.41, 5.74) is 5.43. The van der Waals surface area contributed by atoms with Gasteiger partial charge in [-0.15, -0.1) is 0 Å². The quantitative estimate of drug-likeness (QED) is 0.153. The van der Waals surface area contributed by atoms with Crippen LogP contribution in [0.15, 0.2) is 84.2 Å². The molecule has 0 fully saturated rings. The molecular weight excluding hydrogens is 467 g/mol. The summed E-state index contributed by atoms with van der Waals surface area (Å²) >= 11 is 4.21. The fourth-order valence-electron chi connectivity index (χ4n) is 1.96. The average Bonchev–Trinajstić information content (AvgIpc) is 2.72. The van der Waals surface area contributed by atoms with Gasteiger partial charge in [0, 0.05) is 24.3 Å². The normalized spacial score (nSPS) is 9.46. The Bertz CT molecular complexity index is 838. The molecule has 0 bridgehead atoms. The maximum Gasteiger partial charge on any atom is 2.00 e. The van der Waals surface area contributed by atoms with Gasteiger partial charge >= 0.3 is 26.2 Å². The number of hydrogen-bond acceptors (Lipinski definition) is 3. The molecule has 0 aliphatic rings. The minimum Gasteiger partial charge on any atom is -0.590 e. The maximum atomic E-state index is 7.91. The number of anilines is 1. The van der Waals surface area contributed by atoms with E-state index in [9.17, 15) is 0 Å². The Labute approximate surface area is 183 Å². The number of methoxy groups -OCH3 is 1. The van der Waals surface area contributed by atoms with Crippen LogP contribution in [0, 0.1) is 0 Å². The molecule has 1 heterocycles. The van der Waals surface area contributed by atoms with Gasteiger partial charge in [0.1, 0.15) is 0 Å². The number of para-hydroxylation sites is 2. The number of ether oxygens (including phenoxy) is 1. The Kier molecular flexibility index (Phi) is 11.1. The largest absolute Gasteiger partial charge is 2.00 e. The zero-order chi connectivity index (χ0) is 19.3. The van der Waals surface area contributed by atoms with Crippen molar-refractivity contribution in [1.82, 2.24) is 4.98 Å². The van der Waals surface area contributed by atoms with Crippen LogP contribution in [0.5, 0.6) is 11.5 Å². The second-order valence-electron chi connectivity index (χ2n) is 5.11. The Hall–Kier alpha value is -2.79. The molecule has 0 spiro atoms. The van der Waals surface area contributed by atoms with Gasteiger partial charge in [0.15, 0.2) is 12.2 Å². The Morgan fingerprint density at radius 2 is 1.75 bits per heavy atom. The van der Waals surface area contributed by atoms with E-state index in [1.165, 1.54) is 13.3 Å². The van der Waals surface area contributed by atoms with Gasteiger partial charge in [0.25, 0.3) is 0 Å². The number of hydrogen-bond donors (Lipinski definition) is 1. The third kappa shape index (κ3) is 8.27. The zero-order valence-electron chi connectivity index (χ0n) is 15.1. The van der Waals surface area contributed by atoms with E-state index in [1.807, 2.05) is 48.5 Å². The molecule has 0 radical (unpaired) electrons. The van der Waals surface area contributed by atoms with E-state index in [0.29, 0.717) is 16.4 Å². The first-order valence-corrected chi connectivity index (χ1v) is 8.51. The molecular formula is C20H21N4O2PdS+3. The number of nitrogens with one attached hydrogen (secondary N) is 1. The summed E-state index contributed by atoms with van der Waals surface area (Å²) in [5, 5.41) is 15.2. The molecule has 1 aromatic heterocycles. The molecule has 0 atom stereocenters. The Morgan fingerprint density at radius 3 is 2.32 bits per heavy atom. The van der Waals surface area contributed by atoms with E-state index < -0.39 is 0 Å². The summed E-state index contributed by atoms with van der Waals surface area (Å²) in [4.78, 5) is 3.78. The van der Waals surface area contributed by atoms with Crippen molar-refractivity contribution in [2.75, 3.05) is 12.4 Å². The van der Waals surface area contributed by atoms with Crippen molar-refractivity contribution >= 4 is 29.2 Å². The summed E-state index contributed by atoms with van der Waals surface area (Å²) < 4.78 is 5.08. The molecule has 28 heavy (non-hydrogen) atoms. The Morgan fingerprint density at radius 1 is 1.07 bits per heavy atom. The maximum absolute atomic E-state index is 7.91. The number of thiol groups is 1. The molecule has 8 heteroatoms. The third-order valence-electron chi connectivity index (χ3n) is 3.22. The predicted octanol–water partition coefficient (Wildman–Crippen LogP) is 3.40. The number of aromatic nitrogens is 1. The summed E-state index contributed by atoms with van der Waals surface area (Å²) in [7, 11) is 1.53. The Balaban J connectivity index is 0.000000478. The summed E-state index contributed by atoms with van der Waals surface area (Å²) in [6.45, 7) is 0.